The van der Waals surface area contributed by atoms with Crippen LogP contribution in [0, 0.1) is 13.8 Å². The van der Waals surface area contributed by atoms with Crippen LogP contribution in [0.15, 0.2) is 16.8 Å². The first-order chi connectivity index (χ1) is 8.00. The highest BCUT2D eigenvalue weighted by molar-refractivity contribution is 6.29. The van der Waals surface area contributed by atoms with Crippen molar-refractivity contribution < 1.29 is 14.4 Å². The Morgan fingerprint density at radius 2 is 2.18 bits per heavy atom. The van der Waals surface area contributed by atoms with Gasteiger partial charge in [0.05, 0.1) is 11.3 Å². The minimum Gasteiger partial charge on any atom is -0.478 e. The largest absolute Gasteiger partial charge is 0.478 e. The number of hydrogen-bond acceptors (Lipinski definition) is 4. The lowest BCUT2D eigenvalue weighted by Gasteiger charge is -2.05. The highest BCUT2D eigenvalue weighted by Gasteiger charge is 2.19. The molecule has 6 heteroatoms. The van der Waals surface area contributed by atoms with Gasteiger partial charge in [-0.1, -0.05) is 16.8 Å². The SMILES string of the molecule is Cc1noc(C)c1-c1cnc(Cl)cc1C(=O)O. The maximum Gasteiger partial charge on any atom is 0.336 e. The maximum atomic E-state index is 11.2. The van der Waals surface area contributed by atoms with Gasteiger partial charge in [0.1, 0.15) is 10.9 Å². The molecule has 2 aromatic heterocycles. The molecule has 17 heavy (non-hydrogen) atoms. The number of rotatable bonds is 2. The van der Waals surface area contributed by atoms with E-state index in [1.807, 2.05) is 0 Å². The van der Waals surface area contributed by atoms with Crippen molar-refractivity contribution in [2.45, 2.75) is 13.8 Å². The molecule has 0 aliphatic carbocycles. The summed E-state index contributed by atoms with van der Waals surface area (Å²) in [5.74, 6) is -0.515. The zero-order valence-corrected chi connectivity index (χ0v) is 9.95. The molecule has 0 aromatic carbocycles. The fourth-order valence-electron chi connectivity index (χ4n) is 1.67. The molecular formula is C11H9ClN2O3. The third-order valence-corrected chi connectivity index (χ3v) is 2.61. The van der Waals surface area contributed by atoms with Gasteiger partial charge in [-0.2, -0.15) is 0 Å². The first-order valence-electron chi connectivity index (χ1n) is 4.82. The van der Waals surface area contributed by atoms with Crippen molar-refractivity contribution in [3.8, 4) is 11.1 Å². The van der Waals surface area contributed by atoms with E-state index in [9.17, 15) is 4.79 Å². The topological polar surface area (TPSA) is 76.2 Å². The van der Waals surface area contributed by atoms with Crippen LogP contribution < -0.4 is 0 Å². The Morgan fingerprint density at radius 1 is 1.47 bits per heavy atom. The quantitative estimate of drug-likeness (QED) is 0.832. The molecule has 2 aromatic rings. The molecule has 0 saturated heterocycles. The van der Waals surface area contributed by atoms with Crippen LogP contribution in [0.25, 0.3) is 11.1 Å². The van der Waals surface area contributed by atoms with Crippen molar-refractivity contribution in [1.29, 1.82) is 0 Å². The van der Waals surface area contributed by atoms with Crippen LogP contribution in [0.3, 0.4) is 0 Å². The summed E-state index contributed by atoms with van der Waals surface area (Å²) in [7, 11) is 0. The molecule has 0 amide bonds. The van der Waals surface area contributed by atoms with Crippen LogP contribution in [-0.4, -0.2) is 21.2 Å². The van der Waals surface area contributed by atoms with Crippen LogP contribution >= 0.6 is 11.6 Å². The minimum absolute atomic E-state index is 0.0828. The Bertz CT molecular complexity index is 573. The Hall–Kier alpha value is -1.88. The highest BCUT2D eigenvalue weighted by Crippen LogP contribution is 2.30. The lowest BCUT2D eigenvalue weighted by molar-refractivity contribution is 0.0697. The third-order valence-electron chi connectivity index (χ3n) is 2.40. The summed E-state index contributed by atoms with van der Waals surface area (Å²) in [6.07, 6.45) is 1.42. The van der Waals surface area contributed by atoms with Crippen LogP contribution in [0.2, 0.25) is 5.15 Å². The second-order valence-electron chi connectivity index (χ2n) is 3.56. The fourth-order valence-corrected chi connectivity index (χ4v) is 1.83. The molecule has 5 nitrogen and oxygen atoms in total. The van der Waals surface area contributed by atoms with Crippen molar-refractivity contribution >= 4 is 17.6 Å². The highest BCUT2D eigenvalue weighted by atomic mass is 35.5. The maximum absolute atomic E-state index is 11.2. The van der Waals surface area contributed by atoms with E-state index >= 15 is 0 Å². The standard InChI is InChI=1S/C11H9ClN2O3/c1-5-10(6(2)17-14-5)8-4-13-9(12)3-7(8)11(15)16/h3-4H,1-2H3,(H,15,16). The number of carboxylic acid groups (broad SMARTS) is 1. The molecule has 0 aliphatic rings. The number of aromatic carboxylic acids is 1. The van der Waals surface area contributed by atoms with Crippen LogP contribution in [0.1, 0.15) is 21.8 Å². The summed E-state index contributed by atoms with van der Waals surface area (Å²) in [5.41, 5.74) is 1.80. The van der Waals surface area contributed by atoms with E-state index in [1.54, 1.807) is 13.8 Å². The van der Waals surface area contributed by atoms with E-state index in [4.69, 9.17) is 21.2 Å². The van der Waals surface area contributed by atoms with Crippen molar-refractivity contribution in [3.05, 3.63) is 34.4 Å². The van der Waals surface area contributed by atoms with Gasteiger partial charge in [-0.25, -0.2) is 9.78 Å². The molecule has 1 N–H and O–H groups in total. The first-order valence-corrected chi connectivity index (χ1v) is 5.20. The van der Waals surface area contributed by atoms with Gasteiger partial charge in [-0.05, 0) is 19.9 Å². The smallest absolute Gasteiger partial charge is 0.336 e. The van der Waals surface area contributed by atoms with Crippen molar-refractivity contribution in [2.75, 3.05) is 0 Å². The van der Waals surface area contributed by atoms with Gasteiger partial charge in [-0.15, -0.1) is 0 Å². The monoisotopic (exact) mass is 252 g/mol. The van der Waals surface area contributed by atoms with Gasteiger partial charge in [0.15, 0.2) is 0 Å². The van der Waals surface area contributed by atoms with Gasteiger partial charge < -0.3 is 9.63 Å². The van der Waals surface area contributed by atoms with Crippen molar-refractivity contribution in [3.63, 3.8) is 0 Å². The number of hydrogen-bond donors (Lipinski definition) is 1. The Kier molecular flexibility index (Phi) is 2.85. The number of halogens is 1. The number of nitrogens with zero attached hydrogens (tertiary/aromatic N) is 2. The summed E-state index contributed by atoms with van der Waals surface area (Å²) in [5, 5.41) is 13.1. The number of aryl methyl sites for hydroxylation is 2. The number of carbonyl (C=O) groups is 1. The molecule has 0 radical (unpaired) electrons. The summed E-state index contributed by atoms with van der Waals surface area (Å²) in [4.78, 5) is 15.0. The zero-order valence-electron chi connectivity index (χ0n) is 9.19. The molecule has 0 fully saturated rings. The lowest BCUT2D eigenvalue weighted by Crippen LogP contribution is -2.01. The second kappa shape index (κ2) is 4.18. The van der Waals surface area contributed by atoms with E-state index in [1.165, 1.54) is 12.3 Å². The van der Waals surface area contributed by atoms with Gasteiger partial charge in [-0.3, -0.25) is 0 Å². The minimum atomic E-state index is -1.07. The molecule has 0 aliphatic heterocycles. The van der Waals surface area contributed by atoms with Gasteiger partial charge in [0.2, 0.25) is 0 Å². The third kappa shape index (κ3) is 2.01. The number of aromatic nitrogens is 2. The zero-order chi connectivity index (χ0) is 12.6. The molecule has 0 atom stereocenters. The lowest BCUT2D eigenvalue weighted by atomic mass is 10.0. The van der Waals surface area contributed by atoms with E-state index in [0.717, 1.165) is 0 Å². The molecule has 0 unspecified atom stereocenters. The Balaban J connectivity index is 2.71. The summed E-state index contributed by atoms with van der Waals surface area (Å²) in [6.45, 7) is 3.46. The van der Waals surface area contributed by atoms with Gasteiger partial charge in [0.25, 0.3) is 0 Å². The molecular weight excluding hydrogens is 244 g/mol. The summed E-state index contributed by atoms with van der Waals surface area (Å²) in [6, 6.07) is 1.31. The molecule has 2 rings (SSSR count). The average Bonchev–Trinajstić information content (AvgIpc) is 2.59. The van der Waals surface area contributed by atoms with E-state index < -0.39 is 5.97 Å². The van der Waals surface area contributed by atoms with Crippen LogP contribution in [0.4, 0.5) is 0 Å². The fraction of sp³-hybridized carbons (Fsp3) is 0.182. The predicted molar refractivity (Wildman–Crippen MR) is 61.2 cm³/mol. The summed E-state index contributed by atoms with van der Waals surface area (Å²) < 4.78 is 5.01. The second-order valence-corrected chi connectivity index (χ2v) is 3.94. The van der Waals surface area contributed by atoms with Crippen LogP contribution in [-0.2, 0) is 0 Å². The molecule has 0 bridgehead atoms. The van der Waals surface area contributed by atoms with Gasteiger partial charge >= 0.3 is 5.97 Å². The molecule has 0 saturated carbocycles. The molecule has 2 heterocycles. The Morgan fingerprint density at radius 3 is 2.71 bits per heavy atom. The molecule has 88 valence electrons. The van der Waals surface area contributed by atoms with Crippen molar-refractivity contribution in [1.82, 2.24) is 10.1 Å². The van der Waals surface area contributed by atoms with E-state index in [-0.39, 0.29) is 10.7 Å². The normalized spacial score (nSPS) is 10.5. The Labute approximate surface area is 102 Å². The van der Waals surface area contributed by atoms with E-state index in [2.05, 4.69) is 10.1 Å². The number of carboxylic acids is 1. The average molecular weight is 253 g/mol. The molecule has 0 spiro atoms. The van der Waals surface area contributed by atoms with Crippen molar-refractivity contribution in [2.24, 2.45) is 0 Å². The predicted octanol–water partition coefficient (Wildman–Crippen LogP) is 2.71. The van der Waals surface area contributed by atoms with E-state index in [0.29, 0.717) is 22.6 Å². The number of pyridine rings is 1. The van der Waals surface area contributed by atoms with Crippen LogP contribution in [0.5, 0.6) is 0 Å². The van der Waals surface area contributed by atoms with Gasteiger partial charge in [0, 0.05) is 17.3 Å². The first kappa shape index (κ1) is 11.6. The summed E-state index contributed by atoms with van der Waals surface area (Å²) >= 11 is 5.69.